The van der Waals surface area contributed by atoms with Gasteiger partial charge >= 0.3 is 0 Å². The second kappa shape index (κ2) is 3.30. The number of benzene rings is 1. The molecule has 4 rings (SSSR count). The Kier molecular flexibility index (Phi) is 1.78. The first kappa shape index (κ1) is 9.18. The average molecular weight is 233 g/mol. The molecule has 0 aromatic heterocycles. The van der Waals surface area contributed by atoms with E-state index in [1.54, 1.807) is 0 Å². The summed E-state index contributed by atoms with van der Waals surface area (Å²) in [5.41, 5.74) is 1.08. The highest BCUT2D eigenvalue weighted by Crippen LogP contribution is 2.41. The fraction of sp³-hybridized carbons (Fsp3) is 0.333. The Hall–Kier alpha value is -1.88. The third-order valence-corrected chi connectivity index (χ3v) is 3.04. The lowest BCUT2D eigenvalue weighted by atomic mass is 10.1. The van der Waals surface area contributed by atoms with Gasteiger partial charge < -0.3 is 23.8 Å². The molecule has 3 aliphatic heterocycles. The first-order chi connectivity index (χ1) is 8.40. The van der Waals surface area contributed by atoms with E-state index in [4.69, 9.17) is 18.9 Å². The molecule has 0 spiro atoms. The second-order valence-electron chi connectivity index (χ2n) is 4.13. The van der Waals surface area contributed by atoms with E-state index in [1.807, 2.05) is 29.3 Å². The van der Waals surface area contributed by atoms with Crippen molar-refractivity contribution in [2.75, 3.05) is 13.4 Å². The Labute approximate surface area is 98.1 Å². The van der Waals surface area contributed by atoms with Crippen LogP contribution in [0.15, 0.2) is 24.4 Å². The van der Waals surface area contributed by atoms with Crippen LogP contribution >= 0.6 is 0 Å². The molecule has 17 heavy (non-hydrogen) atoms. The summed E-state index contributed by atoms with van der Waals surface area (Å²) in [5.74, 6) is 2.34. The standard InChI is InChI=1S/C12H11NO4/c1-2-13-6-8-4-10-11(16-7-15-10)5-9(8)17-12(13)14-3-1/h1-2,4-5,12H,3,6-7H2. The van der Waals surface area contributed by atoms with Gasteiger partial charge in [0.25, 0.3) is 6.41 Å². The molecule has 0 N–H and O–H groups in total. The van der Waals surface area contributed by atoms with Gasteiger partial charge in [-0.2, -0.15) is 0 Å². The Morgan fingerprint density at radius 3 is 2.94 bits per heavy atom. The van der Waals surface area contributed by atoms with Gasteiger partial charge in [-0.15, -0.1) is 0 Å². The van der Waals surface area contributed by atoms with Gasteiger partial charge in [0.05, 0.1) is 13.2 Å². The van der Waals surface area contributed by atoms with E-state index in [1.165, 1.54) is 0 Å². The molecular weight excluding hydrogens is 222 g/mol. The van der Waals surface area contributed by atoms with Gasteiger partial charge in [-0.1, -0.05) is 0 Å². The summed E-state index contributed by atoms with van der Waals surface area (Å²) < 4.78 is 22.0. The van der Waals surface area contributed by atoms with E-state index in [0.29, 0.717) is 6.61 Å². The van der Waals surface area contributed by atoms with Gasteiger partial charge in [0.1, 0.15) is 5.75 Å². The molecular formula is C12H11NO4. The fourth-order valence-electron chi connectivity index (χ4n) is 2.22. The molecule has 0 saturated carbocycles. The minimum absolute atomic E-state index is 0.280. The predicted molar refractivity (Wildman–Crippen MR) is 57.6 cm³/mol. The maximum atomic E-state index is 5.78. The van der Waals surface area contributed by atoms with E-state index in [-0.39, 0.29) is 13.2 Å². The van der Waals surface area contributed by atoms with E-state index in [9.17, 15) is 0 Å². The van der Waals surface area contributed by atoms with Crippen LogP contribution in [0.3, 0.4) is 0 Å². The molecule has 0 saturated heterocycles. The molecule has 1 atom stereocenters. The number of rotatable bonds is 0. The normalized spacial score (nSPS) is 24.0. The van der Waals surface area contributed by atoms with Crippen molar-refractivity contribution < 1.29 is 18.9 Å². The van der Waals surface area contributed by atoms with Crippen LogP contribution in [-0.4, -0.2) is 24.7 Å². The predicted octanol–water partition coefficient (Wildman–Crippen LogP) is 1.44. The van der Waals surface area contributed by atoms with E-state index < -0.39 is 0 Å². The summed E-state index contributed by atoms with van der Waals surface area (Å²) in [6.07, 6.45) is 3.65. The molecule has 1 aromatic rings. The van der Waals surface area contributed by atoms with Crippen LogP contribution in [0.25, 0.3) is 0 Å². The summed E-state index contributed by atoms with van der Waals surface area (Å²) in [7, 11) is 0. The zero-order valence-electron chi connectivity index (χ0n) is 9.09. The van der Waals surface area contributed by atoms with E-state index >= 15 is 0 Å². The van der Waals surface area contributed by atoms with Gasteiger partial charge in [-0.05, 0) is 12.1 Å². The maximum Gasteiger partial charge on any atom is 0.284 e. The zero-order valence-corrected chi connectivity index (χ0v) is 9.09. The molecule has 0 radical (unpaired) electrons. The highest BCUT2D eigenvalue weighted by molar-refractivity contribution is 5.52. The minimum Gasteiger partial charge on any atom is -0.454 e. The van der Waals surface area contributed by atoms with Crippen molar-refractivity contribution in [1.29, 1.82) is 0 Å². The van der Waals surface area contributed by atoms with Gasteiger partial charge in [-0.3, -0.25) is 0 Å². The van der Waals surface area contributed by atoms with Gasteiger partial charge in [0, 0.05) is 17.8 Å². The van der Waals surface area contributed by atoms with Crippen LogP contribution in [-0.2, 0) is 11.3 Å². The lowest BCUT2D eigenvalue weighted by Crippen LogP contribution is -2.43. The molecule has 0 amide bonds. The van der Waals surface area contributed by atoms with Crippen molar-refractivity contribution >= 4 is 0 Å². The van der Waals surface area contributed by atoms with Gasteiger partial charge in [0.15, 0.2) is 11.5 Å². The smallest absolute Gasteiger partial charge is 0.284 e. The number of ether oxygens (including phenoxy) is 4. The molecule has 88 valence electrons. The molecule has 5 heteroatoms. The molecule has 3 aliphatic rings. The van der Waals surface area contributed by atoms with Crippen LogP contribution < -0.4 is 14.2 Å². The Balaban J connectivity index is 1.75. The van der Waals surface area contributed by atoms with Crippen molar-refractivity contribution in [1.82, 2.24) is 4.90 Å². The summed E-state index contributed by atoms with van der Waals surface area (Å²) in [6.45, 7) is 1.62. The van der Waals surface area contributed by atoms with Gasteiger partial charge in [0.2, 0.25) is 6.79 Å². The lowest BCUT2D eigenvalue weighted by Gasteiger charge is -2.37. The molecule has 1 aromatic carbocycles. The van der Waals surface area contributed by atoms with Crippen molar-refractivity contribution in [2.24, 2.45) is 0 Å². The van der Waals surface area contributed by atoms with Crippen LogP contribution in [0.4, 0.5) is 0 Å². The third-order valence-electron chi connectivity index (χ3n) is 3.04. The summed E-state index contributed by atoms with van der Waals surface area (Å²) in [5, 5.41) is 0. The summed E-state index contributed by atoms with van der Waals surface area (Å²) in [4.78, 5) is 2.01. The SMILES string of the molecule is C1=CN2Cc3cc4c(cc3OC2OC1)OCO4. The number of nitrogens with zero attached hydrogens (tertiary/aromatic N) is 1. The van der Waals surface area contributed by atoms with E-state index in [0.717, 1.165) is 29.4 Å². The van der Waals surface area contributed by atoms with Crippen LogP contribution in [0.2, 0.25) is 0 Å². The van der Waals surface area contributed by atoms with Crippen molar-refractivity contribution in [2.45, 2.75) is 13.0 Å². The Morgan fingerprint density at radius 2 is 2.00 bits per heavy atom. The minimum atomic E-state index is -0.326. The Morgan fingerprint density at radius 1 is 1.12 bits per heavy atom. The zero-order chi connectivity index (χ0) is 11.2. The number of hydrogen-bond acceptors (Lipinski definition) is 5. The fourth-order valence-corrected chi connectivity index (χ4v) is 2.22. The van der Waals surface area contributed by atoms with Crippen LogP contribution in [0.5, 0.6) is 17.2 Å². The maximum absolute atomic E-state index is 5.78. The monoisotopic (exact) mass is 233 g/mol. The molecule has 0 fully saturated rings. The first-order valence-electron chi connectivity index (χ1n) is 5.53. The summed E-state index contributed by atoms with van der Waals surface area (Å²) in [6, 6.07) is 3.84. The van der Waals surface area contributed by atoms with Crippen LogP contribution in [0.1, 0.15) is 5.56 Å². The van der Waals surface area contributed by atoms with E-state index in [2.05, 4.69) is 0 Å². The number of fused-ring (bicyclic) bond motifs is 3. The topological polar surface area (TPSA) is 40.2 Å². The summed E-state index contributed by atoms with van der Waals surface area (Å²) >= 11 is 0. The van der Waals surface area contributed by atoms with Crippen LogP contribution in [0, 0.1) is 0 Å². The average Bonchev–Trinajstić information content (AvgIpc) is 2.80. The molecule has 5 nitrogen and oxygen atoms in total. The molecule has 0 bridgehead atoms. The second-order valence-corrected chi connectivity index (χ2v) is 4.13. The highest BCUT2D eigenvalue weighted by Gasteiger charge is 2.30. The number of hydrogen-bond donors (Lipinski definition) is 0. The molecule has 3 heterocycles. The third kappa shape index (κ3) is 1.36. The largest absolute Gasteiger partial charge is 0.454 e. The molecule has 1 unspecified atom stereocenters. The first-order valence-corrected chi connectivity index (χ1v) is 5.53. The quantitative estimate of drug-likeness (QED) is 0.678. The lowest BCUT2D eigenvalue weighted by molar-refractivity contribution is -0.173. The molecule has 0 aliphatic carbocycles. The highest BCUT2D eigenvalue weighted by atomic mass is 16.7. The van der Waals surface area contributed by atoms with Gasteiger partial charge in [-0.25, -0.2) is 0 Å². The van der Waals surface area contributed by atoms with Crippen molar-refractivity contribution in [3.05, 3.63) is 30.0 Å². The van der Waals surface area contributed by atoms with Crippen molar-refractivity contribution in [3.8, 4) is 17.2 Å². The Bertz CT molecular complexity index is 500. The van der Waals surface area contributed by atoms with Crippen molar-refractivity contribution in [3.63, 3.8) is 0 Å².